The topological polar surface area (TPSA) is 6.48 Å². The second-order valence-electron chi connectivity index (χ2n) is 18.4. The Morgan fingerprint density at radius 2 is 0.803 bits per heavy atom. The maximum atomic E-state index is 2.51. The first-order valence-corrected chi connectivity index (χ1v) is 23.1. The highest BCUT2D eigenvalue weighted by Crippen LogP contribution is 2.64. The molecular weight excluding hydrogens is 797 g/mol. The zero-order chi connectivity index (χ0) is 44.0. The van der Waals surface area contributed by atoms with E-state index >= 15 is 0 Å². The Kier molecular flexibility index (Phi) is 8.51. The SMILES string of the molecule is CC1(C)c2ccccc2-c2cc(N(c3ccc(-c4ccccc4)cc3)c3ccccc3-c3ccc4c(c3)C3(c5ccccc5-4)c4ccccc4N(c4ccccc4)c4ccccc43)ccc21. The van der Waals surface area contributed by atoms with Crippen molar-refractivity contribution in [3.63, 3.8) is 0 Å². The van der Waals surface area contributed by atoms with E-state index < -0.39 is 5.41 Å². The first-order chi connectivity index (χ1) is 32.5. The number of fused-ring (bicyclic) bond motifs is 12. The monoisotopic (exact) mass is 842 g/mol. The van der Waals surface area contributed by atoms with Crippen molar-refractivity contribution in [1.82, 2.24) is 0 Å². The summed E-state index contributed by atoms with van der Waals surface area (Å²) in [7, 11) is 0. The van der Waals surface area contributed by atoms with E-state index in [9.17, 15) is 0 Å². The summed E-state index contributed by atoms with van der Waals surface area (Å²) in [4.78, 5) is 4.92. The van der Waals surface area contributed by atoms with Crippen molar-refractivity contribution >= 4 is 34.1 Å². The Bertz CT molecular complexity index is 3460. The summed E-state index contributed by atoms with van der Waals surface area (Å²) < 4.78 is 0. The molecule has 312 valence electrons. The second-order valence-corrected chi connectivity index (χ2v) is 18.4. The van der Waals surface area contributed by atoms with E-state index in [1.807, 2.05) is 0 Å². The lowest BCUT2D eigenvalue weighted by Crippen LogP contribution is -2.36. The minimum Gasteiger partial charge on any atom is -0.310 e. The van der Waals surface area contributed by atoms with Gasteiger partial charge in [-0.05, 0) is 133 Å². The molecule has 0 fully saturated rings. The number of benzene rings is 10. The van der Waals surface area contributed by atoms with Gasteiger partial charge in [-0.3, -0.25) is 0 Å². The number of anilines is 6. The fourth-order valence-corrected chi connectivity index (χ4v) is 11.7. The average molecular weight is 843 g/mol. The molecule has 0 radical (unpaired) electrons. The lowest BCUT2D eigenvalue weighted by atomic mass is 9.64. The number of hydrogen-bond donors (Lipinski definition) is 0. The standard InChI is InChI=1S/C64H46N2/c1-63(2)54-26-12-9-25-51(54)53-42-48(38-40-55(53)63)65(47-36-33-44(34-37-47)43-19-5-3-6-20-43)60-30-16-11-23-49(60)45-35-39-52-50-24-10-13-27-56(50)64(59(52)41-45)57-28-14-17-31-61(57)66(46-21-7-4-8-22-46)62-32-18-15-29-58(62)64/h3-42H,1-2H3. The highest BCUT2D eigenvalue weighted by molar-refractivity contribution is 5.98. The number of rotatable bonds is 6. The summed E-state index contributed by atoms with van der Waals surface area (Å²) in [6.45, 7) is 4.71. The van der Waals surface area contributed by atoms with Crippen LogP contribution in [0, 0.1) is 0 Å². The summed E-state index contributed by atoms with van der Waals surface area (Å²) in [6.07, 6.45) is 0. The molecule has 13 rings (SSSR count). The van der Waals surface area contributed by atoms with Crippen LogP contribution in [0.1, 0.15) is 47.2 Å². The Labute approximate surface area is 387 Å². The van der Waals surface area contributed by atoms with Gasteiger partial charge >= 0.3 is 0 Å². The molecule has 2 heteroatoms. The third-order valence-electron chi connectivity index (χ3n) is 14.7. The molecule has 2 aliphatic carbocycles. The predicted octanol–water partition coefficient (Wildman–Crippen LogP) is 16.9. The largest absolute Gasteiger partial charge is 0.310 e. The van der Waals surface area contributed by atoms with Gasteiger partial charge in [0.2, 0.25) is 0 Å². The minimum absolute atomic E-state index is 0.0863. The van der Waals surface area contributed by atoms with Gasteiger partial charge in [-0.2, -0.15) is 0 Å². The first-order valence-electron chi connectivity index (χ1n) is 23.1. The van der Waals surface area contributed by atoms with Gasteiger partial charge < -0.3 is 9.80 Å². The Morgan fingerprint density at radius 3 is 1.50 bits per heavy atom. The van der Waals surface area contributed by atoms with Crippen LogP contribution >= 0.6 is 0 Å². The molecule has 0 atom stereocenters. The molecule has 1 aliphatic heterocycles. The zero-order valence-electron chi connectivity index (χ0n) is 37.0. The second kappa shape index (κ2) is 14.7. The molecule has 0 unspecified atom stereocenters. The molecule has 3 aliphatic rings. The molecule has 10 aromatic rings. The third-order valence-corrected chi connectivity index (χ3v) is 14.7. The van der Waals surface area contributed by atoms with Gasteiger partial charge in [0, 0.05) is 28.0 Å². The summed E-state index contributed by atoms with van der Waals surface area (Å²) >= 11 is 0. The minimum atomic E-state index is -0.553. The van der Waals surface area contributed by atoms with E-state index in [0.717, 1.165) is 22.7 Å². The highest BCUT2D eigenvalue weighted by Gasteiger charge is 2.51. The number of hydrogen-bond acceptors (Lipinski definition) is 2. The van der Waals surface area contributed by atoms with Crippen LogP contribution in [0.3, 0.4) is 0 Å². The predicted molar refractivity (Wildman–Crippen MR) is 275 cm³/mol. The van der Waals surface area contributed by atoms with Crippen LogP contribution in [-0.2, 0) is 10.8 Å². The molecule has 2 nitrogen and oxygen atoms in total. The van der Waals surface area contributed by atoms with Gasteiger partial charge in [-0.1, -0.05) is 196 Å². The van der Waals surface area contributed by atoms with Crippen LogP contribution in [0.2, 0.25) is 0 Å². The quantitative estimate of drug-likeness (QED) is 0.165. The number of nitrogens with zero attached hydrogens (tertiary/aromatic N) is 2. The van der Waals surface area contributed by atoms with Crippen molar-refractivity contribution in [3.05, 3.63) is 276 Å². The molecule has 0 saturated heterocycles. The lowest BCUT2D eigenvalue weighted by Gasteiger charge is -2.45. The summed E-state index contributed by atoms with van der Waals surface area (Å²) in [5.41, 5.74) is 24.1. The molecule has 0 saturated carbocycles. The molecule has 1 spiro atoms. The zero-order valence-corrected chi connectivity index (χ0v) is 37.0. The fourth-order valence-electron chi connectivity index (χ4n) is 11.7. The van der Waals surface area contributed by atoms with Crippen molar-refractivity contribution in [2.75, 3.05) is 9.80 Å². The molecule has 0 amide bonds. The Morgan fingerprint density at radius 1 is 0.318 bits per heavy atom. The molecule has 10 aromatic carbocycles. The van der Waals surface area contributed by atoms with Crippen LogP contribution in [0.5, 0.6) is 0 Å². The smallest absolute Gasteiger partial charge is 0.0754 e. The summed E-state index contributed by atoms with van der Waals surface area (Å²) in [5.74, 6) is 0. The normalized spacial score (nSPS) is 14.1. The van der Waals surface area contributed by atoms with E-state index in [-0.39, 0.29) is 5.41 Å². The van der Waals surface area contributed by atoms with Crippen molar-refractivity contribution in [3.8, 4) is 44.5 Å². The van der Waals surface area contributed by atoms with Crippen LogP contribution in [0.15, 0.2) is 243 Å². The van der Waals surface area contributed by atoms with E-state index in [2.05, 4.69) is 266 Å². The number of para-hydroxylation sites is 4. The highest BCUT2D eigenvalue weighted by atomic mass is 15.2. The lowest BCUT2D eigenvalue weighted by molar-refractivity contribution is 0.660. The van der Waals surface area contributed by atoms with Gasteiger partial charge in [0.15, 0.2) is 0 Å². The van der Waals surface area contributed by atoms with Crippen LogP contribution in [0.25, 0.3) is 44.5 Å². The van der Waals surface area contributed by atoms with Crippen molar-refractivity contribution in [1.29, 1.82) is 0 Å². The van der Waals surface area contributed by atoms with Gasteiger partial charge in [0.25, 0.3) is 0 Å². The van der Waals surface area contributed by atoms with Gasteiger partial charge in [0.05, 0.1) is 22.5 Å². The van der Waals surface area contributed by atoms with Crippen molar-refractivity contribution < 1.29 is 0 Å². The maximum absolute atomic E-state index is 2.51. The maximum Gasteiger partial charge on any atom is 0.0754 e. The molecule has 1 heterocycles. The molecule has 0 aromatic heterocycles. The third kappa shape index (κ3) is 5.48. The van der Waals surface area contributed by atoms with Crippen LogP contribution in [0.4, 0.5) is 34.1 Å². The molecule has 0 bridgehead atoms. The van der Waals surface area contributed by atoms with Gasteiger partial charge in [-0.25, -0.2) is 0 Å². The first kappa shape index (κ1) is 38.3. The molecule has 0 N–H and O–H groups in total. The van der Waals surface area contributed by atoms with Crippen molar-refractivity contribution in [2.45, 2.75) is 24.7 Å². The van der Waals surface area contributed by atoms with E-state index in [1.54, 1.807) is 0 Å². The van der Waals surface area contributed by atoms with E-state index in [0.29, 0.717) is 0 Å². The van der Waals surface area contributed by atoms with Crippen molar-refractivity contribution in [2.24, 2.45) is 0 Å². The van der Waals surface area contributed by atoms with E-state index in [4.69, 9.17) is 0 Å². The Balaban J connectivity index is 1.03. The van der Waals surface area contributed by atoms with E-state index in [1.165, 1.54) is 89.3 Å². The van der Waals surface area contributed by atoms with Crippen LogP contribution in [-0.4, -0.2) is 0 Å². The summed E-state index contributed by atoms with van der Waals surface area (Å²) in [6, 6.07) is 90.1. The summed E-state index contributed by atoms with van der Waals surface area (Å²) in [5, 5.41) is 0. The Hall–Kier alpha value is -8.20. The fraction of sp³-hybridized carbons (Fsp3) is 0.0625. The molecule has 66 heavy (non-hydrogen) atoms. The molecular formula is C64H46N2. The average Bonchev–Trinajstić information content (AvgIpc) is 3.80. The van der Waals surface area contributed by atoms with Gasteiger partial charge in [0.1, 0.15) is 0 Å². The van der Waals surface area contributed by atoms with Gasteiger partial charge in [-0.15, -0.1) is 0 Å². The van der Waals surface area contributed by atoms with Crippen LogP contribution < -0.4 is 9.80 Å².